The Morgan fingerprint density at radius 1 is 1.00 bits per heavy atom. The lowest BCUT2D eigenvalue weighted by atomic mass is 9.72. The van der Waals surface area contributed by atoms with Crippen molar-refractivity contribution in [1.82, 2.24) is 0 Å². The molecular weight excluding hydrogens is 276 g/mol. The summed E-state index contributed by atoms with van der Waals surface area (Å²) in [5.41, 5.74) is 1.69. The lowest BCUT2D eigenvalue weighted by molar-refractivity contribution is -0.148. The molecule has 1 saturated carbocycles. The summed E-state index contributed by atoms with van der Waals surface area (Å²) in [5.74, 6) is -1.15. The van der Waals surface area contributed by atoms with Crippen LogP contribution in [0.2, 0.25) is 0 Å². The van der Waals surface area contributed by atoms with Gasteiger partial charge < -0.3 is 4.74 Å². The molecular formula is C19H18O3. The van der Waals surface area contributed by atoms with Gasteiger partial charge in [-0.1, -0.05) is 60.7 Å². The maximum atomic E-state index is 12.4. The molecule has 0 spiro atoms. The van der Waals surface area contributed by atoms with Gasteiger partial charge in [-0.05, 0) is 17.5 Å². The average molecular weight is 294 g/mol. The van der Waals surface area contributed by atoms with E-state index in [9.17, 15) is 9.59 Å². The van der Waals surface area contributed by atoms with Gasteiger partial charge in [0.05, 0.1) is 7.11 Å². The molecule has 0 saturated heterocycles. The van der Waals surface area contributed by atoms with Crippen LogP contribution in [-0.4, -0.2) is 18.9 Å². The van der Waals surface area contributed by atoms with E-state index in [1.54, 1.807) is 0 Å². The van der Waals surface area contributed by atoms with Crippen molar-refractivity contribution in [3.63, 3.8) is 0 Å². The highest BCUT2D eigenvalue weighted by atomic mass is 16.5. The lowest BCUT2D eigenvalue weighted by Gasteiger charge is -2.30. The Hall–Kier alpha value is -2.42. The number of rotatable bonds is 3. The van der Waals surface area contributed by atoms with Gasteiger partial charge in [-0.2, -0.15) is 0 Å². The second-order valence-corrected chi connectivity index (χ2v) is 5.74. The summed E-state index contributed by atoms with van der Waals surface area (Å²) >= 11 is 0. The number of ketones is 1. The van der Waals surface area contributed by atoms with E-state index in [1.165, 1.54) is 7.11 Å². The smallest absolute Gasteiger partial charge is 0.316 e. The first-order valence-electron chi connectivity index (χ1n) is 7.39. The van der Waals surface area contributed by atoms with E-state index in [4.69, 9.17) is 4.74 Å². The van der Waals surface area contributed by atoms with Gasteiger partial charge in [0.2, 0.25) is 0 Å². The minimum Gasteiger partial charge on any atom is -0.468 e. The van der Waals surface area contributed by atoms with Gasteiger partial charge in [0.1, 0.15) is 11.7 Å². The summed E-state index contributed by atoms with van der Waals surface area (Å²) in [5, 5.41) is 0. The number of hydrogen-bond donors (Lipinski definition) is 0. The van der Waals surface area contributed by atoms with Crippen molar-refractivity contribution < 1.29 is 14.3 Å². The van der Waals surface area contributed by atoms with Crippen LogP contribution in [0.3, 0.4) is 0 Å². The minimum atomic E-state index is -0.676. The number of carbonyl (C=O) groups excluding carboxylic acids is 2. The first kappa shape index (κ1) is 14.5. The zero-order chi connectivity index (χ0) is 15.6. The first-order valence-corrected chi connectivity index (χ1v) is 7.39. The molecule has 112 valence electrons. The molecule has 0 aromatic heterocycles. The Balaban J connectivity index is 2.11. The second-order valence-electron chi connectivity index (χ2n) is 5.74. The molecule has 0 N–H and O–H groups in total. The number of benzene rings is 2. The molecule has 1 unspecified atom stereocenters. The maximum absolute atomic E-state index is 12.4. The van der Waals surface area contributed by atoms with Gasteiger partial charge in [-0.3, -0.25) is 9.59 Å². The second kappa shape index (κ2) is 5.76. The number of methoxy groups -OCH3 is 1. The van der Waals surface area contributed by atoms with Crippen LogP contribution in [0, 0.1) is 5.92 Å². The summed E-state index contributed by atoms with van der Waals surface area (Å²) < 4.78 is 4.81. The van der Waals surface area contributed by atoms with E-state index >= 15 is 0 Å². The number of carbonyl (C=O) groups is 2. The van der Waals surface area contributed by atoms with E-state index in [0.717, 1.165) is 11.1 Å². The fourth-order valence-electron chi connectivity index (χ4n) is 3.43. The van der Waals surface area contributed by atoms with Crippen LogP contribution in [0.1, 0.15) is 24.0 Å². The number of hydrogen-bond acceptors (Lipinski definition) is 3. The molecule has 0 bridgehead atoms. The zero-order valence-electron chi connectivity index (χ0n) is 12.5. The fourth-order valence-corrected chi connectivity index (χ4v) is 3.43. The van der Waals surface area contributed by atoms with Crippen molar-refractivity contribution in [3.8, 4) is 0 Å². The van der Waals surface area contributed by atoms with E-state index in [1.807, 2.05) is 60.7 Å². The average Bonchev–Trinajstić information content (AvgIpc) is 2.94. The Morgan fingerprint density at radius 2 is 1.50 bits per heavy atom. The molecule has 0 radical (unpaired) electrons. The quantitative estimate of drug-likeness (QED) is 0.645. The Bertz CT molecular complexity index is 637. The van der Waals surface area contributed by atoms with E-state index in [2.05, 4.69) is 0 Å². The minimum absolute atomic E-state index is 0.0421. The fraction of sp³-hybridized carbons (Fsp3) is 0.263. The normalized spacial score (nSPS) is 19.9. The molecule has 0 aliphatic heterocycles. The van der Waals surface area contributed by atoms with Gasteiger partial charge >= 0.3 is 5.97 Å². The zero-order valence-corrected chi connectivity index (χ0v) is 12.5. The molecule has 0 amide bonds. The molecule has 1 atom stereocenters. The Labute approximate surface area is 129 Å². The van der Waals surface area contributed by atoms with Crippen LogP contribution in [0.25, 0.3) is 0 Å². The van der Waals surface area contributed by atoms with Crippen molar-refractivity contribution >= 4 is 11.8 Å². The molecule has 3 nitrogen and oxygen atoms in total. The van der Waals surface area contributed by atoms with Crippen molar-refractivity contribution in [2.75, 3.05) is 7.11 Å². The molecule has 22 heavy (non-hydrogen) atoms. The van der Waals surface area contributed by atoms with Crippen LogP contribution in [0.4, 0.5) is 0 Å². The third-order valence-corrected chi connectivity index (χ3v) is 4.56. The van der Waals surface area contributed by atoms with Gasteiger partial charge in [0, 0.05) is 11.8 Å². The largest absolute Gasteiger partial charge is 0.468 e. The third-order valence-electron chi connectivity index (χ3n) is 4.56. The van der Waals surface area contributed by atoms with E-state index in [-0.39, 0.29) is 5.78 Å². The first-order chi connectivity index (χ1) is 10.7. The van der Waals surface area contributed by atoms with Crippen molar-refractivity contribution in [3.05, 3.63) is 71.8 Å². The van der Waals surface area contributed by atoms with E-state index < -0.39 is 17.3 Å². The third kappa shape index (κ3) is 2.33. The predicted molar refractivity (Wildman–Crippen MR) is 83.4 cm³/mol. The number of ether oxygens (including phenoxy) is 1. The SMILES string of the molecule is COC(=O)C1CC(c2ccccc2)(c2ccccc2)CC1=O. The molecule has 3 heteroatoms. The monoisotopic (exact) mass is 294 g/mol. The molecule has 2 aromatic carbocycles. The summed E-state index contributed by atoms with van der Waals surface area (Å²) in [4.78, 5) is 24.4. The van der Waals surface area contributed by atoms with Gasteiger partial charge in [0.15, 0.2) is 0 Å². The van der Waals surface area contributed by atoms with Gasteiger partial charge in [-0.15, -0.1) is 0 Å². The topological polar surface area (TPSA) is 43.4 Å². The highest BCUT2D eigenvalue weighted by molar-refractivity contribution is 6.02. The molecule has 1 fully saturated rings. The molecule has 0 heterocycles. The predicted octanol–water partition coefficient (Wildman–Crippen LogP) is 3.12. The van der Waals surface area contributed by atoms with Crippen molar-refractivity contribution in [2.24, 2.45) is 5.92 Å². The van der Waals surface area contributed by atoms with E-state index in [0.29, 0.717) is 12.8 Å². The van der Waals surface area contributed by atoms with Crippen LogP contribution in [0.15, 0.2) is 60.7 Å². The highest BCUT2D eigenvalue weighted by Crippen LogP contribution is 2.47. The van der Waals surface area contributed by atoms with Crippen LogP contribution >= 0.6 is 0 Å². The summed E-state index contributed by atoms with van der Waals surface area (Å²) in [6.45, 7) is 0. The number of Topliss-reactive ketones (excluding diaryl/α,β-unsaturated/α-hetero) is 1. The Morgan fingerprint density at radius 3 is 1.95 bits per heavy atom. The highest BCUT2D eigenvalue weighted by Gasteiger charge is 2.49. The lowest BCUT2D eigenvalue weighted by Crippen LogP contribution is -2.25. The summed E-state index contributed by atoms with van der Waals surface area (Å²) in [6.07, 6.45) is 0.799. The number of esters is 1. The summed E-state index contributed by atoms with van der Waals surface area (Å²) in [7, 11) is 1.33. The molecule has 2 aromatic rings. The summed E-state index contributed by atoms with van der Waals surface area (Å²) in [6, 6.07) is 19.9. The Kier molecular flexibility index (Phi) is 3.80. The van der Waals surface area contributed by atoms with Crippen molar-refractivity contribution in [2.45, 2.75) is 18.3 Å². The van der Waals surface area contributed by atoms with Crippen molar-refractivity contribution in [1.29, 1.82) is 0 Å². The molecule has 1 aliphatic carbocycles. The van der Waals surface area contributed by atoms with Crippen LogP contribution in [0.5, 0.6) is 0 Å². The molecule has 1 aliphatic rings. The molecule has 3 rings (SSSR count). The van der Waals surface area contributed by atoms with Gasteiger partial charge in [-0.25, -0.2) is 0 Å². The van der Waals surface area contributed by atoms with Gasteiger partial charge in [0.25, 0.3) is 0 Å². The standard InChI is InChI=1S/C19H18O3/c1-22-18(21)16-12-19(13-17(16)20,14-8-4-2-5-9-14)15-10-6-3-7-11-15/h2-11,16H,12-13H2,1H3. The van der Waals surface area contributed by atoms with Crippen LogP contribution in [-0.2, 0) is 19.7 Å². The maximum Gasteiger partial charge on any atom is 0.316 e. The van der Waals surface area contributed by atoms with Crippen LogP contribution < -0.4 is 0 Å².